The number of esters is 1. The second-order valence-electron chi connectivity index (χ2n) is 13.2. The Morgan fingerprint density at radius 2 is 1.89 bits per heavy atom. The van der Waals surface area contributed by atoms with E-state index in [-0.39, 0.29) is 54.8 Å². The first-order valence-electron chi connectivity index (χ1n) is 17.0. The van der Waals surface area contributed by atoms with E-state index in [2.05, 4.69) is 34.4 Å². The van der Waals surface area contributed by atoms with Crippen LogP contribution in [0, 0.1) is 11.8 Å². The zero-order chi connectivity index (χ0) is 33.6. The predicted molar refractivity (Wildman–Crippen MR) is 180 cm³/mol. The summed E-state index contributed by atoms with van der Waals surface area (Å²) in [4.78, 5) is 59.1. The van der Waals surface area contributed by atoms with Crippen molar-refractivity contribution in [2.75, 3.05) is 26.3 Å². The van der Waals surface area contributed by atoms with Gasteiger partial charge >= 0.3 is 5.97 Å². The molecule has 10 nitrogen and oxygen atoms in total. The van der Waals surface area contributed by atoms with Crippen molar-refractivity contribution < 1.29 is 33.8 Å². The molecule has 1 unspecified atom stereocenters. The van der Waals surface area contributed by atoms with Crippen LogP contribution in [0.3, 0.4) is 0 Å². The van der Waals surface area contributed by atoms with Gasteiger partial charge in [-0.05, 0) is 44.1 Å². The van der Waals surface area contributed by atoms with Crippen LogP contribution in [0.5, 0.6) is 0 Å². The molecule has 47 heavy (non-hydrogen) atoms. The normalized spacial score (nSPS) is 28.9. The van der Waals surface area contributed by atoms with Crippen molar-refractivity contribution in [2.45, 2.75) is 98.9 Å². The molecule has 4 aliphatic rings. The molecule has 0 radical (unpaired) electrons. The third kappa shape index (κ3) is 7.22. The molecule has 1 aromatic carbocycles. The van der Waals surface area contributed by atoms with Crippen LogP contribution >= 0.6 is 15.9 Å². The molecule has 7 atom stereocenters. The fraction of sp³-hybridized carbons (Fsp3) is 0.611. The topological polar surface area (TPSA) is 125 Å². The highest BCUT2D eigenvalue weighted by Crippen LogP contribution is 2.60. The van der Waals surface area contributed by atoms with Crippen molar-refractivity contribution in [2.24, 2.45) is 11.8 Å². The van der Waals surface area contributed by atoms with E-state index in [9.17, 15) is 24.3 Å². The van der Waals surface area contributed by atoms with E-state index in [0.717, 1.165) is 37.7 Å². The van der Waals surface area contributed by atoms with Crippen LogP contribution in [0.1, 0.15) is 75.8 Å². The quantitative estimate of drug-likeness (QED) is 0.114. The third-order valence-corrected chi connectivity index (χ3v) is 11.1. The fourth-order valence-corrected chi connectivity index (χ4v) is 9.04. The van der Waals surface area contributed by atoms with Gasteiger partial charge in [-0.3, -0.25) is 19.2 Å². The summed E-state index contributed by atoms with van der Waals surface area (Å²) in [5, 5.41) is 12.6. The fourth-order valence-electron chi connectivity index (χ4n) is 8.09. The first kappa shape index (κ1) is 35.3. The van der Waals surface area contributed by atoms with Gasteiger partial charge in [0.05, 0.1) is 24.0 Å². The van der Waals surface area contributed by atoms with Crippen molar-refractivity contribution in [3.05, 3.63) is 61.2 Å². The largest absolute Gasteiger partial charge is 0.463 e. The zero-order valence-electron chi connectivity index (χ0n) is 27.1. The molecule has 3 amide bonds. The maximum Gasteiger partial charge on any atom is 0.306 e. The number of likely N-dealkylation sites (tertiary alicyclic amines) is 1. The van der Waals surface area contributed by atoms with Crippen molar-refractivity contribution in [3.8, 4) is 0 Å². The number of aliphatic hydroxyl groups excluding tert-OH is 1. The number of benzene rings is 1. The lowest BCUT2D eigenvalue weighted by molar-refractivity contribution is -0.150. The number of carbonyl (C=O) groups excluding carboxylic acids is 4. The molecular formula is C36H48BrN3O7. The molecule has 0 aromatic heterocycles. The number of allylic oxidation sites excluding steroid dienone is 1. The average Bonchev–Trinajstić information content (AvgIpc) is 3.68. The van der Waals surface area contributed by atoms with Crippen molar-refractivity contribution in [3.63, 3.8) is 0 Å². The summed E-state index contributed by atoms with van der Waals surface area (Å²) in [7, 11) is 0. The number of nitrogens with zero attached hydrogens (tertiary/aromatic N) is 2. The lowest BCUT2D eigenvalue weighted by Gasteiger charge is -2.41. The highest BCUT2D eigenvalue weighted by atomic mass is 79.9. The van der Waals surface area contributed by atoms with Gasteiger partial charge in [0.25, 0.3) is 0 Å². The second kappa shape index (κ2) is 15.9. The van der Waals surface area contributed by atoms with Crippen molar-refractivity contribution in [1.82, 2.24) is 15.1 Å². The smallest absolute Gasteiger partial charge is 0.306 e. The maximum atomic E-state index is 14.7. The number of amides is 3. The summed E-state index contributed by atoms with van der Waals surface area (Å²) in [6.45, 7) is 8.13. The molecule has 1 aliphatic carbocycles. The Labute approximate surface area is 286 Å². The minimum absolute atomic E-state index is 0.0218. The number of rotatable bonds is 16. The number of aliphatic hydroxyl groups is 1. The van der Waals surface area contributed by atoms with Gasteiger partial charge in [0.2, 0.25) is 17.7 Å². The van der Waals surface area contributed by atoms with Crippen LogP contribution in [0.2, 0.25) is 0 Å². The second-order valence-corrected chi connectivity index (χ2v) is 14.4. The van der Waals surface area contributed by atoms with E-state index in [1.807, 2.05) is 35.2 Å². The Balaban J connectivity index is 1.45. The van der Waals surface area contributed by atoms with Crippen LogP contribution in [0.25, 0.3) is 0 Å². The lowest BCUT2D eigenvalue weighted by Crippen LogP contribution is -2.58. The van der Waals surface area contributed by atoms with Crippen LogP contribution in [-0.2, 0) is 28.7 Å². The Kier molecular flexibility index (Phi) is 12.0. The third-order valence-electron chi connectivity index (χ3n) is 10.2. The van der Waals surface area contributed by atoms with Crippen LogP contribution in [0.4, 0.5) is 0 Å². The number of unbranched alkanes of at least 4 members (excludes halogenated alkanes) is 1. The minimum Gasteiger partial charge on any atom is -0.463 e. The van der Waals surface area contributed by atoms with E-state index < -0.39 is 41.6 Å². The number of ether oxygens (including phenoxy) is 2. The van der Waals surface area contributed by atoms with Gasteiger partial charge in [-0.15, -0.1) is 13.2 Å². The van der Waals surface area contributed by atoms with E-state index >= 15 is 0 Å². The highest BCUT2D eigenvalue weighted by molar-refractivity contribution is 9.09. The molecular weight excluding hydrogens is 666 g/mol. The van der Waals surface area contributed by atoms with Gasteiger partial charge in [0.1, 0.15) is 18.2 Å². The summed E-state index contributed by atoms with van der Waals surface area (Å²) in [6.07, 6.45) is 9.88. The number of halogens is 1. The molecule has 1 saturated carbocycles. The van der Waals surface area contributed by atoms with Crippen LogP contribution in [-0.4, -0.2) is 93.5 Å². The number of nitrogens with one attached hydrogen (secondary N) is 1. The first-order valence-corrected chi connectivity index (χ1v) is 17.9. The minimum atomic E-state index is -1.18. The standard InChI is InChI=1S/C36H48BrN3O7/c1-3-5-18-28(42)46-23-27(24-14-8-6-9-15-24)38-33(43)29-30-34(44)40(20-12-13-21-41)32(36(30)22-26(37)31(29)47-36)35(45)39(19-4-2)25-16-10-7-11-17-25/h3-4,6,8-9,14-15,25-27,29-32,41H,1-2,5,7,10-13,16-23H2,(H,38,43)/t26?,27-,29-,30+,31-,32-,36+/m0/s1. The number of carbonyl (C=O) groups is 4. The Morgan fingerprint density at radius 1 is 1.15 bits per heavy atom. The highest BCUT2D eigenvalue weighted by Gasteiger charge is 2.76. The zero-order valence-corrected chi connectivity index (χ0v) is 28.7. The molecule has 1 spiro atoms. The van der Waals surface area contributed by atoms with Gasteiger partial charge in [0.15, 0.2) is 0 Å². The van der Waals surface area contributed by atoms with E-state index in [1.165, 1.54) is 0 Å². The maximum absolute atomic E-state index is 14.7. The Hall–Kier alpha value is -3.02. The number of hydrogen-bond acceptors (Lipinski definition) is 7. The Morgan fingerprint density at radius 3 is 2.57 bits per heavy atom. The van der Waals surface area contributed by atoms with Gasteiger partial charge in [-0.2, -0.15) is 0 Å². The number of fused-ring (bicyclic) bond motifs is 1. The molecule has 256 valence electrons. The molecule has 3 heterocycles. The van der Waals surface area contributed by atoms with Gasteiger partial charge in [-0.25, -0.2) is 0 Å². The SMILES string of the molecule is C=CCCC(=O)OC[C@H](NC(=O)[C@@H]1[C@H]2O[C@@]3(CC2Br)[C@H](C(=O)N(CC=C)C2CCCCC2)N(CCCCO)C(=O)[C@@H]13)c1ccccc1. The Bertz CT molecular complexity index is 1300. The van der Waals surface area contributed by atoms with Gasteiger partial charge in [0, 0.05) is 37.0 Å². The summed E-state index contributed by atoms with van der Waals surface area (Å²) >= 11 is 3.76. The summed E-state index contributed by atoms with van der Waals surface area (Å²) in [6, 6.07) is 7.78. The van der Waals surface area contributed by atoms with Crippen molar-refractivity contribution in [1.29, 1.82) is 0 Å². The summed E-state index contributed by atoms with van der Waals surface area (Å²) < 4.78 is 12.3. The number of hydrogen-bond donors (Lipinski definition) is 2. The summed E-state index contributed by atoms with van der Waals surface area (Å²) in [5.41, 5.74) is -0.419. The molecule has 11 heteroatoms. The predicted octanol–water partition coefficient (Wildman–Crippen LogP) is 4.22. The molecule has 1 aromatic rings. The van der Waals surface area contributed by atoms with Crippen LogP contribution < -0.4 is 5.32 Å². The van der Waals surface area contributed by atoms with E-state index in [1.54, 1.807) is 17.1 Å². The monoisotopic (exact) mass is 713 g/mol. The van der Waals surface area contributed by atoms with E-state index in [0.29, 0.717) is 32.2 Å². The lowest BCUT2D eigenvalue weighted by atomic mass is 9.70. The van der Waals surface area contributed by atoms with Crippen molar-refractivity contribution >= 4 is 39.6 Å². The molecule has 3 saturated heterocycles. The molecule has 3 aliphatic heterocycles. The van der Waals surface area contributed by atoms with E-state index in [4.69, 9.17) is 9.47 Å². The number of alkyl halides is 1. The molecule has 4 fully saturated rings. The van der Waals surface area contributed by atoms with Gasteiger partial charge < -0.3 is 29.7 Å². The molecule has 2 N–H and O–H groups in total. The first-order chi connectivity index (χ1) is 22.8. The molecule has 5 rings (SSSR count). The summed E-state index contributed by atoms with van der Waals surface area (Å²) in [5.74, 6) is -2.91. The van der Waals surface area contributed by atoms with Gasteiger partial charge in [-0.1, -0.05) is 77.7 Å². The van der Waals surface area contributed by atoms with Crippen LogP contribution in [0.15, 0.2) is 55.6 Å². The molecule has 2 bridgehead atoms. The average molecular weight is 715 g/mol.